The van der Waals surface area contributed by atoms with Crippen molar-refractivity contribution >= 4 is 11.7 Å². The van der Waals surface area contributed by atoms with Crippen LogP contribution < -0.4 is 10.5 Å². The number of hydrogen-bond donors (Lipinski definition) is 1. The summed E-state index contributed by atoms with van der Waals surface area (Å²) in [5, 5.41) is 8.20. The highest BCUT2D eigenvalue weighted by Gasteiger charge is 2.05. The first kappa shape index (κ1) is 9.07. The average molecular weight is 176 g/mol. The van der Waals surface area contributed by atoms with Crippen LogP contribution in [0.2, 0.25) is 0 Å². The number of nitrogen functional groups attached to an aromatic ring is 1. The van der Waals surface area contributed by atoms with Gasteiger partial charge in [0.25, 0.3) is 0 Å². The van der Waals surface area contributed by atoms with Crippen LogP contribution in [-0.4, -0.2) is 5.97 Å². The molecule has 66 valence electrons. The molecule has 0 heterocycles. The fraction of sp³-hybridized carbons (Fsp3) is 0.111. The van der Waals surface area contributed by atoms with Crippen molar-refractivity contribution in [2.45, 2.75) is 6.42 Å². The molecule has 0 saturated carbocycles. The second kappa shape index (κ2) is 4.12. The van der Waals surface area contributed by atoms with Gasteiger partial charge in [0, 0.05) is 0 Å². The monoisotopic (exact) mass is 176 g/mol. The highest BCUT2D eigenvalue weighted by atomic mass is 16.5. The van der Waals surface area contributed by atoms with Gasteiger partial charge in [0.2, 0.25) is 0 Å². The molecule has 0 fully saturated rings. The second-order valence-electron chi connectivity index (χ2n) is 2.35. The van der Waals surface area contributed by atoms with E-state index in [2.05, 4.69) is 0 Å². The number of carbonyl (C=O) groups is 1. The zero-order valence-corrected chi connectivity index (χ0v) is 6.86. The molecule has 13 heavy (non-hydrogen) atoms. The maximum Gasteiger partial charge on any atom is 0.325 e. The summed E-state index contributed by atoms with van der Waals surface area (Å²) < 4.78 is 4.80. The summed E-state index contributed by atoms with van der Waals surface area (Å²) in [7, 11) is 0. The van der Waals surface area contributed by atoms with Gasteiger partial charge in [-0.1, -0.05) is 12.1 Å². The van der Waals surface area contributed by atoms with E-state index in [9.17, 15) is 4.79 Å². The van der Waals surface area contributed by atoms with Crippen molar-refractivity contribution in [1.29, 1.82) is 5.26 Å². The molecule has 0 aromatic heterocycles. The average Bonchev–Trinajstić information content (AvgIpc) is 2.09. The quantitative estimate of drug-likeness (QED) is 0.415. The Labute approximate surface area is 75.5 Å². The van der Waals surface area contributed by atoms with Crippen LogP contribution in [-0.2, 0) is 4.79 Å². The first-order valence-electron chi connectivity index (χ1n) is 3.66. The Morgan fingerprint density at radius 3 is 2.85 bits per heavy atom. The lowest BCUT2D eigenvalue weighted by Crippen LogP contribution is -2.07. The van der Waals surface area contributed by atoms with E-state index >= 15 is 0 Å². The van der Waals surface area contributed by atoms with Crippen LogP contribution in [0.4, 0.5) is 5.69 Å². The van der Waals surface area contributed by atoms with Crippen molar-refractivity contribution in [3.05, 3.63) is 24.3 Å². The number of anilines is 1. The number of hydrogen-bond acceptors (Lipinski definition) is 4. The number of carbonyl (C=O) groups excluding carboxylic acids is 1. The lowest BCUT2D eigenvalue weighted by atomic mass is 10.3. The molecule has 2 N–H and O–H groups in total. The van der Waals surface area contributed by atoms with Gasteiger partial charge >= 0.3 is 5.97 Å². The molecule has 0 atom stereocenters. The van der Waals surface area contributed by atoms with E-state index < -0.39 is 5.97 Å². The smallest absolute Gasteiger partial charge is 0.325 e. The van der Waals surface area contributed by atoms with Gasteiger partial charge in [-0.15, -0.1) is 0 Å². The number of ether oxygens (including phenoxy) is 1. The van der Waals surface area contributed by atoms with Gasteiger partial charge in [0.15, 0.2) is 5.75 Å². The molecule has 1 aromatic rings. The Hall–Kier alpha value is -2.02. The molecule has 4 heteroatoms. The summed E-state index contributed by atoms with van der Waals surface area (Å²) in [5.74, 6) is -0.303. The number of nitriles is 1. The minimum atomic E-state index is -0.597. The largest absolute Gasteiger partial charge is 0.424 e. The van der Waals surface area contributed by atoms with Crippen LogP contribution in [0.3, 0.4) is 0 Å². The van der Waals surface area contributed by atoms with Crippen LogP contribution in [0, 0.1) is 11.3 Å². The number of benzene rings is 1. The summed E-state index contributed by atoms with van der Waals surface area (Å²) >= 11 is 0. The van der Waals surface area contributed by atoms with Crippen molar-refractivity contribution < 1.29 is 9.53 Å². The molecule has 0 bridgehead atoms. The van der Waals surface area contributed by atoms with E-state index in [0.29, 0.717) is 11.4 Å². The Morgan fingerprint density at radius 2 is 2.23 bits per heavy atom. The molecule has 1 rings (SSSR count). The van der Waals surface area contributed by atoms with Crippen molar-refractivity contribution in [1.82, 2.24) is 0 Å². The van der Waals surface area contributed by atoms with Gasteiger partial charge in [0.1, 0.15) is 6.42 Å². The Morgan fingerprint density at radius 1 is 1.54 bits per heavy atom. The van der Waals surface area contributed by atoms with Crippen LogP contribution in [0.25, 0.3) is 0 Å². The molecule has 0 saturated heterocycles. The minimum absolute atomic E-state index is 0.270. The highest BCUT2D eigenvalue weighted by molar-refractivity contribution is 5.76. The van der Waals surface area contributed by atoms with Crippen molar-refractivity contribution in [3.8, 4) is 11.8 Å². The fourth-order valence-electron chi connectivity index (χ4n) is 0.797. The first-order valence-corrected chi connectivity index (χ1v) is 3.66. The lowest BCUT2D eigenvalue weighted by molar-refractivity contribution is -0.133. The minimum Gasteiger partial charge on any atom is -0.424 e. The molecule has 4 nitrogen and oxygen atoms in total. The van der Waals surface area contributed by atoms with E-state index in [1.165, 1.54) is 0 Å². The van der Waals surface area contributed by atoms with Gasteiger partial charge in [-0.3, -0.25) is 4.79 Å². The van der Waals surface area contributed by atoms with Crippen LogP contribution in [0.5, 0.6) is 5.75 Å². The SMILES string of the molecule is N#CCC(=O)Oc1ccccc1N. The van der Waals surface area contributed by atoms with E-state index in [1.54, 1.807) is 30.3 Å². The maximum absolute atomic E-state index is 10.9. The van der Waals surface area contributed by atoms with Gasteiger partial charge in [-0.2, -0.15) is 5.26 Å². The Balaban J connectivity index is 2.70. The molecule has 0 spiro atoms. The Kier molecular flexibility index (Phi) is 2.87. The molecular formula is C9H8N2O2. The standard InChI is InChI=1S/C9H8N2O2/c10-6-5-9(12)13-8-4-2-1-3-7(8)11/h1-4H,5,11H2. The van der Waals surface area contributed by atoms with Gasteiger partial charge in [-0.05, 0) is 12.1 Å². The molecule has 1 aromatic carbocycles. The predicted octanol–water partition coefficient (Wildman–Crippen LogP) is 1.09. The third kappa shape index (κ3) is 2.49. The molecule has 0 unspecified atom stereocenters. The van der Waals surface area contributed by atoms with Crippen LogP contribution >= 0.6 is 0 Å². The van der Waals surface area contributed by atoms with Gasteiger partial charge < -0.3 is 10.5 Å². The van der Waals surface area contributed by atoms with Crippen LogP contribution in [0.15, 0.2) is 24.3 Å². The molecule has 0 amide bonds. The Bertz CT molecular complexity index is 355. The first-order chi connectivity index (χ1) is 6.24. The number of rotatable bonds is 2. The summed E-state index contributed by atoms with van der Waals surface area (Å²) in [4.78, 5) is 10.9. The molecule has 0 aliphatic carbocycles. The zero-order chi connectivity index (χ0) is 9.68. The molecule has 0 aliphatic rings. The van der Waals surface area contributed by atoms with E-state index in [-0.39, 0.29) is 6.42 Å². The third-order valence-electron chi connectivity index (χ3n) is 1.37. The van der Waals surface area contributed by atoms with Gasteiger partial charge in [-0.25, -0.2) is 0 Å². The topological polar surface area (TPSA) is 76.1 Å². The van der Waals surface area contributed by atoms with Crippen molar-refractivity contribution in [3.63, 3.8) is 0 Å². The number of esters is 1. The normalized spacial score (nSPS) is 8.85. The number of para-hydroxylation sites is 2. The molecular weight excluding hydrogens is 168 g/mol. The predicted molar refractivity (Wildman–Crippen MR) is 46.7 cm³/mol. The number of nitrogens with two attached hydrogens (primary N) is 1. The summed E-state index contributed by atoms with van der Waals surface area (Å²) in [6.45, 7) is 0. The molecule has 0 aliphatic heterocycles. The number of nitrogens with zero attached hydrogens (tertiary/aromatic N) is 1. The molecule has 0 radical (unpaired) electrons. The van der Waals surface area contributed by atoms with E-state index in [4.69, 9.17) is 15.7 Å². The van der Waals surface area contributed by atoms with Crippen molar-refractivity contribution in [2.24, 2.45) is 0 Å². The maximum atomic E-state index is 10.9. The van der Waals surface area contributed by atoms with E-state index in [1.807, 2.05) is 0 Å². The third-order valence-corrected chi connectivity index (χ3v) is 1.37. The summed E-state index contributed by atoms with van der Waals surface area (Å²) in [5.41, 5.74) is 5.89. The van der Waals surface area contributed by atoms with E-state index in [0.717, 1.165) is 0 Å². The summed E-state index contributed by atoms with van der Waals surface area (Å²) in [6, 6.07) is 8.32. The highest BCUT2D eigenvalue weighted by Crippen LogP contribution is 2.19. The second-order valence-corrected chi connectivity index (χ2v) is 2.35. The van der Waals surface area contributed by atoms with Gasteiger partial charge in [0.05, 0.1) is 11.8 Å². The zero-order valence-electron chi connectivity index (χ0n) is 6.86. The van der Waals surface area contributed by atoms with Crippen molar-refractivity contribution in [2.75, 3.05) is 5.73 Å². The van der Waals surface area contributed by atoms with Crippen LogP contribution in [0.1, 0.15) is 6.42 Å². The lowest BCUT2D eigenvalue weighted by Gasteiger charge is -2.03. The fourth-order valence-corrected chi connectivity index (χ4v) is 0.797. The summed E-state index contributed by atoms with van der Waals surface area (Å²) in [6.07, 6.45) is -0.270.